The SMILES string of the molecule is Fc1ccc(F)c(CNC(=S)Nc2cccc(Cl)c2)c1. The molecule has 6 heteroatoms. The molecule has 2 nitrogen and oxygen atoms in total. The molecule has 0 aliphatic rings. The van der Waals surface area contributed by atoms with Crippen molar-refractivity contribution in [3.63, 3.8) is 0 Å². The van der Waals surface area contributed by atoms with Crippen LogP contribution in [-0.2, 0) is 6.54 Å². The van der Waals surface area contributed by atoms with Crippen molar-refractivity contribution >= 4 is 34.6 Å². The fourth-order valence-electron chi connectivity index (χ4n) is 1.60. The first-order chi connectivity index (χ1) is 9.54. The third kappa shape index (κ3) is 4.15. The summed E-state index contributed by atoms with van der Waals surface area (Å²) in [6.45, 7) is 0.0932. The second-order valence-electron chi connectivity index (χ2n) is 4.05. The molecular weight excluding hydrogens is 302 g/mol. The molecule has 0 aliphatic carbocycles. The lowest BCUT2D eigenvalue weighted by Gasteiger charge is -2.11. The quantitative estimate of drug-likeness (QED) is 0.834. The van der Waals surface area contributed by atoms with Gasteiger partial charge < -0.3 is 10.6 Å². The molecular formula is C14H11ClF2N2S. The van der Waals surface area contributed by atoms with Crippen LogP contribution in [0.5, 0.6) is 0 Å². The van der Waals surface area contributed by atoms with Crippen molar-refractivity contribution < 1.29 is 8.78 Å². The third-order valence-corrected chi connectivity index (χ3v) is 3.01. The van der Waals surface area contributed by atoms with Gasteiger partial charge in [0.1, 0.15) is 11.6 Å². The summed E-state index contributed by atoms with van der Waals surface area (Å²) in [4.78, 5) is 0. The lowest BCUT2D eigenvalue weighted by Crippen LogP contribution is -2.28. The van der Waals surface area contributed by atoms with Gasteiger partial charge in [-0.2, -0.15) is 0 Å². The Kier molecular flexibility index (Phi) is 4.87. The molecule has 0 atom stereocenters. The molecule has 0 saturated heterocycles. The maximum absolute atomic E-state index is 13.4. The van der Waals surface area contributed by atoms with Crippen LogP contribution < -0.4 is 10.6 Å². The summed E-state index contributed by atoms with van der Waals surface area (Å²) in [6.07, 6.45) is 0. The summed E-state index contributed by atoms with van der Waals surface area (Å²) in [5.41, 5.74) is 0.926. The molecule has 0 fully saturated rings. The standard InChI is InChI=1S/C14H11ClF2N2S/c15-10-2-1-3-12(7-10)19-14(20)18-8-9-6-11(16)4-5-13(9)17/h1-7H,8H2,(H2,18,19,20). The van der Waals surface area contributed by atoms with Gasteiger partial charge in [-0.1, -0.05) is 17.7 Å². The van der Waals surface area contributed by atoms with Crippen LogP contribution in [-0.4, -0.2) is 5.11 Å². The van der Waals surface area contributed by atoms with E-state index in [9.17, 15) is 8.78 Å². The lowest BCUT2D eigenvalue weighted by atomic mass is 10.2. The van der Waals surface area contributed by atoms with Crippen LogP contribution in [0.4, 0.5) is 14.5 Å². The van der Waals surface area contributed by atoms with E-state index in [1.165, 1.54) is 0 Å². The molecule has 0 heterocycles. The monoisotopic (exact) mass is 312 g/mol. The minimum atomic E-state index is -0.489. The smallest absolute Gasteiger partial charge is 0.171 e. The molecule has 0 aliphatic heterocycles. The molecule has 0 unspecified atom stereocenters. The number of hydrogen-bond acceptors (Lipinski definition) is 1. The zero-order chi connectivity index (χ0) is 14.5. The highest BCUT2D eigenvalue weighted by Gasteiger charge is 2.05. The van der Waals surface area contributed by atoms with Crippen LogP contribution in [0, 0.1) is 11.6 Å². The van der Waals surface area contributed by atoms with E-state index in [4.69, 9.17) is 23.8 Å². The van der Waals surface area contributed by atoms with Gasteiger partial charge in [-0.15, -0.1) is 0 Å². The number of benzene rings is 2. The molecule has 2 aromatic rings. The Morgan fingerprint density at radius 2 is 1.95 bits per heavy atom. The molecule has 0 spiro atoms. The Morgan fingerprint density at radius 3 is 2.70 bits per heavy atom. The summed E-state index contributed by atoms with van der Waals surface area (Å²) in [6, 6.07) is 10.3. The summed E-state index contributed by atoms with van der Waals surface area (Å²) >= 11 is 10.9. The first kappa shape index (κ1) is 14.7. The molecule has 20 heavy (non-hydrogen) atoms. The first-order valence-corrected chi connectivity index (χ1v) is 6.57. The third-order valence-electron chi connectivity index (χ3n) is 2.53. The van der Waals surface area contributed by atoms with Gasteiger partial charge in [0.05, 0.1) is 0 Å². The van der Waals surface area contributed by atoms with E-state index in [1.54, 1.807) is 24.3 Å². The molecule has 0 bridgehead atoms. The van der Waals surface area contributed by atoms with Crippen LogP contribution in [0.25, 0.3) is 0 Å². The number of halogens is 3. The van der Waals surface area contributed by atoms with Crippen molar-refractivity contribution in [1.82, 2.24) is 5.32 Å². The second-order valence-corrected chi connectivity index (χ2v) is 4.90. The number of nitrogens with one attached hydrogen (secondary N) is 2. The van der Waals surface area contributed by atoms with E-state index < -0.39 is 11.6 Å². The summed E-state index contributed by atoms with van der Waals surface area (Å²) in [5.74, 6) is -0.971. The van der Waals surface area contributed by atoms with Crippen molar-refractivity contribution in [3.05, 3.63) is 64.7 Å². The van der Waals surface area contributed by atoms with Gasteiger partial charge in [-0.3, -0.25) is 0 Å². The molecule has 2 rings (SSSR count). The van der Waals surface area contributed by atoms with Crippen LogP contribution in [0.2, 0.25) is 5.02 Å². The van der Waals surface area contributed by atoms with Gasteiger partial charge in [0.15, 0.2) is 5.11 Å². The normalized spacial score (nSPS) is 10.2. The maximum atomic E-state index is 13.4. The van der Waals surface area contributed by atoms with E-state index in [0.29, 0.717) is 10.1 Å². The highest BCUT2D eigenvalue weighted by atomic mass is 35.5. The van der Waals surface area contributed by atoms with Crippen LogP contribution in [0.1, 0.15) is 5.56 Å². The van der Waals surface area contributed by atoms with E-state index in [2.05, 4.69) is 10.6 Å². The predicted molar refractivity (Wildman–Crippen MR) is 80.9 cm³/mol. The zero-order valence-electron chi connectivity index (χ0n) is 10.3. The fraction of sp³-hybridized carbons (Fsp3) is 0.0714. The summed E-state index contributed by atoms with van der Waals surface area (Å²) in [7, 11) is 0. The number of thiocarbonyl (C=S) groups is 1. The van der Waals surface area contributed by atoms with Crippen LogP contribution >= 0.6 is 23.8 Å². The Morgan fingerprint density at radius 1 is 1.15 bits per heavy atom. The molecule has 0 radical (unpaired) electrons. The number of anilines is 1. The average molecular weight is 313 g/mol. The van der Waals surface area contributed by atoms with Crippen molar-refractivity contribution in [2.24, 2.45) is 0 Å². The van der Waals surface area contributed by atoms with Gasteiger partial charge in [0.25, 0.3) is 0 Å². The van der Waals surface area contributed by atoms with Gasteiger partial charge in [-0.25, -0.2) is 8.78 Å². The Labute approximate surface area is 125 Å². The van der Waals surface area contributed by atoms with Crippen molar-refractivity contribution in [2.75, 3.05) is 5.32 Å². The minimum absolute atomic E-state index is 0.0932. The van der Waals surface area contributed by atoms with E-state index in [-0.39, 0.29) is 12.1 Å². The van der Waals surface area contributed by atoms with E-state index in [0.717, 1.165) is 23.9 Å². The molecule has 2 aromatic carbocycles. The molecule has 0 saturated carbocycles. The largest absolute Gasteiger partial charge is 0.358 e. The first-order valence-electron chi connectivity index (χ1n) is 5.79. The number of rotatable bonds is 3. The second kappa shape index (κ2) is 6.63. The fourth-order valence-corrected chi connectivity index (χ4v) is 1.98. The van der Waals surface area contributed by atoms with Crippen molar-refractivity contribution in [2.45, 2.75) is 6.54 Å². The highest BCUT2D eigenvalue weighted by molar-refractivity contribution is 7.80. The summed E-state index contributed by atoms with van der Waals surface area (Å²) < 4.78 is 26.4. The minimum Gasteiger partial charge on any atom is -0.358 e. The van der Waals surface area contributed by atoms with Gasteiger partial charge >= 0.3 is 0 Å². The molecule has 0 aromatic heterocycles. The predicted octanol–water partition coefficient (Wildman–Crippen LogP) is 4.10. The maximum Gasteiger partial charge on any atom is 0.171 e. The van der Waals surface area contributed by atoms with Crippen LogP contribution in [0.15, 0.2) is 42.5 Å². The van der Waals surface area contributed by atoms with Crippen molar-refractivity contribution in [1.29, 1.82) is 0 Å². The summed E-state index contributed by atoms with van der Waals surface area (Å²) in [5, 5.41) is 6.59. The molecule has 0 amide bonds. The van der Waals surface area contributed by atoms with Crippen molar-refractivity contribution in [3.8, 4) is 0 Å². The number of hydrogen-bond donors (Lipinski definition) is 2. The highest BCUT2D eigenvalue weighted by Crippen LogP contribution is 2.15. The Bertz CT molecular complexity index is 634. The average Bonchev–Trinajstić information content (AvgIpc) is 2.40. The van der Waals surface area contributed by atoms with Crippen LogP contribution in [0.3, 0.4) is 0 Å². The van der Waals surface area contributed by atoms with E-state index >= 15 is 0 Å². The molecule has 2 N–H and O–H groups in total. The topological polar surface area (TPSA) is 24.1 Å². The van der Waals surface area contributed by atoms with Gasteiger partial charge in [-0.05, 0) is 48.6 Å². The zero-order valence-corrected chi connectivity index (χ0v) is 11.9. The lowest BCUT2D eigenvalue weighted by molar-refractivity contribution is 0.582. The molecule has 104 valence electrons. The Hall–Kier alpha value is -1.72. The van der Waals surface area contributed by atoms with E-state index in [1.807, 2.05) is 0 Å². The Balaban J connectivity index is 1.94. The van der Waals surface area contributed by atoms with Gasteiger partial charge in [0, 0.05) is 22.8 Å². The van der Waals surface area contributed by atoms with Gasteiger partial charge in [0.2, 0.25) is 0 Å².